The highest BCUT2D eigenvalue weighted by atomic mass is 16.5. The molecule has 16 heavy (non-hydrogen) atoms. The summed E-state index contributed by atoms with van der Waals surface area (Å²) in [5.74, 6) is 0.971. The normalized spacial score (nSPS) is 14.5. The van der Waals surface area contributed by atoms with Gasteiger partial charge in [-0.25, -0.2) is 0 Å². The highest BCUT2D eigenvalue weighted by molar-refractivity contribution is 5.29. The first-order valence-electron chi connectivity index (χ1n) is 6.06. The van der Waals surface area contributed by atoms with E-state index in [1.54, 1.807) is 0 Å². The zero-order chi connectivity index (χ0) is 12.0. The standard InChI is InChI=1S/C14H23NO/c1-5-12-8-7-9-13(10-12)16-14(3,6-2)11-15-4/h7-10,15H,5-6,11H2,1-4H3. The molecule has 2 nitrogen and oxygen atoms in total. The van der Waals surface area contributed by atoms with E-state index in [0.717, 1.165) is 25.1 Å². The molecule has 0 spiro atoms. The number of ether oxygens (including phenoxy) is 1. The lowest BCUT2D eigenvalue weighted by Gasteiger charge is -2.29. The Morgan fingerprint density at radius 3 is 2.62 bits per heavy atom. The maximum atomic E-state index is 6.07. The summed E-state index contributed by atoms with van der Waals surface area (Å²) in [4.78, 5) is 0. The molecule has 90 valence electrons. The van der Waals surface area contributed by atoms with Crippen LogP contribution in [0.5, 0.6) is 5.75 Å². The number of rotatable bonds is 6. The molecule has 1 atom stereocenters. The Morgan fingerprint density at radius 1 is 1.31 bits per heavy atom. The Labute approximate surface area is 99.0 Å². The van der Waals surface area contributed by atoms with Crippen LogP contribution in [0.3, 0.4) is 0 Å². The van der Waals surface area contributed by atoms with Crippen LogP contribution in [0.1, 0.15) is 32.8 Å². The van der Waals surface area contributed by atoms with Crippen molar-refractivity contribution in [3.8, 4) is 5.75 Å². The summed E-state index contributed by atoms with van der Waals surface area (Å²) >= 11 is 0. The number of aryl methyl sites for hydroxylation is 1. The van der Waals surface area contributed by atoms with Crippen molar-refractivity contribution in [2.75, 3.05) is 13.6 Å². The van der Waals surface area contributed by atoms with E-state index in [4.69, 9.17) is 4.74 Å². The highest BCUT2D eigenvalue weighted by Crippen LogP contribution is 2.22. The van der Waals surface area contributed by atoms with Gasteiger partial charge in [0.15, 0.2) is 0 Å². The first-order valence-corrected chi connectivity index (χ1v) is 6.06. The van der Waals surface area contributed by atoms with Gasteiger partial charge >= 0.3 is 0 Å². The van der Waals surface area contributed by atoms with Gasteiger partial charge in [-0.3, -0.25) is 0 Å². The maximum Gasteiger partial charge on any atom is 0.120 e. The number of nitrogens with one attached hydrogen (secondary N) is 1. The van der Waals surface area contributed by atoms with E-state index in [-0.39, 0.29) is 5.60 Å². The van der Waals surface area contributed by atoms with Gasteiger partial charge in [-0.2, -0.15) is 0 Å². The quantitative estimate of drug-likeness (QED) is 0.797. The van der Waals surface area contributed by atoms with Gasteiger partial charge in [-0.05, 0) is 44.5 Å². The van der Waals surface area contributed by atoms with Gasteiger partial charge in [0, 0.05) is 6.54 Å². The van der Waals surface area contributed by atoms with Crippen LogP contribution in [0.4, 0.5) is 0 Å². The number of benzene rings is 1. The lowest BCUT2D eigenvalue weighted by molar-refractivity contribution is 0.0857. The van der Waals surface area contributed by atoms with Crippen LogP contribution in [0.25, 0.3) is 0 Å². The van der Waals surface area contributed by atoms with E-state index >= 15 is 0 Å². The van der Waals surface area contributed by atoms with Crippen LogP contribution in [0.15, 0.2) is 24.3 Å². The van der Waals surface area contributed by atoms with Crippen molar-refractivity contribution in [3.05, 3.63) is 29.8 Å². The molecule has 0 saturated carbocycles. The smallest absolute Gasteiger partial charge is 0.120 e. The fourth-order valence-electron chi connectivity index (χ4n) is 1.72. The Morgan fingerprint density at radius 2 is 2.06 bits per heavy atom. The summed E-state index contributed by atoms with van der Waals surface area (Å²) in [6.07, 6.45) is 2.04. The summed E-state index contributed by atoms with van der Waals surface area (Å²) in [7, 11) is 1.96. The third kappa shape index (κ3) is 3.53. The van der Waals surface area contributed by atoms with Crippen LogP contribution in [-0.4, -0.2) is 19.2 Å². The Balaban J connectivity index is 2.77. The predicted octanol–water partition coefficient (Wildman–Crippen LogP) is 3.02. The van der Waals surface area contributed by atoms with E-state index in [0.29, 0.717) is 0 Å². The summed E-state index contributed by atoms with van der Waals surface area (Å²) in [5.41, 5.74) is 1.20. The molecule has 0 fully saturated rings. The van der Waals surface area contributed by atoms with E-state index in [9.17, 15) is 0 Å². The lowest BCUT2D eigenvalue weighted by Crippen LogP contribution is -2.41. The van der Waals surface area contributed by atoms with Crippen LogP contribution in [0, 0.1) is 0 Å². The molecule has 0 aliphatic carbocycles. The Hall–Kier alpha value is -1.02. The third-order valence-corrected chi connectivity index (χ3v) is 2.97. The average Bonchev–Trinajstić information content (AvgIpc) is 2.29. The van der Waals surface area contributed by atoms with Crippen LogP contribution in [0.2, 0.25) is 0 Å². The first kappa shape index (κ1) is 13.0. The summed E-state index contributed by atoms with van der Waals surface area (Å²) < 4.78 is 6.07. The minimum Gasteiger partial charge on any atom is -0.486 e. The second kappa shape index (κ2) is 5.90. The fraction of sp³-hybridized carbons (Fsp3) is 0.571. The zero-order valence-corrected chi connectivity index (χ0v) is 10.8. The molecule has 0 aliphatic heterocycles. The lowest BCUT2D eigenvalue weighted by atomic mass is 10.0. The Bertz CT molecular complexity index is 324. The molecule has 1 aromatic carbocycles. The third-order valence-electron chi connectivity index (χ3n) is 2.97. The predicted molar refractivity (Wildman–Crippen MR) is 69.1 cm³/mol. The van der Waals surface area contributed by atoms with E-state index in [1.807, 2.05) is 13.1 Å². The van der Waals surface area contributed by atoms with Gasteiger partial charge in [-0.15, -0.1) is 0 Å². The van der Waals surface area contributed by atoms with E-state index < -0.39 is 0 Å². The molecule has 0 amide bonds. The van der Waals surface area contributed by atoms with Crippen molar-refractivity contribution in [1.29, 1.82) is 0 Å². The molecule has 0 aromatic heterocycles. The van der Waals surface area contributed by atoms with Gasteiger partial charge in [-0.1, -0.05) is 26.0 Å². The molecule has 1 rings (SSSR count). The molecule has 1 unspecified atom stereocenters. The highest BCUT2D eigenvalue weighted by Gasteiger charge is 2.23. The minimum atomic E-state index is -0.124. The summed E-state index contributed by atoms with van der Waals surface area (Å²) in [5, 5.41) is 3.18. The minimum absolute atomic E-state index is 0.124. The number of hydrogen-bond donors (Lipinski definition) is 1. The van der Waals surface area contributed by atoms with Crippen molar-refractivity contribution in [1.82, 2.24) is 5.32 Å². The Kier molecular flexibility index (Phi) is 4.81. The second-order valence-electron chi connectivity index (χ2n) is 4.44. The molecule has 0 heterocycles. The number of hydrogen-bond acceptors (Lipinski definition) is 2. The number of likely N-dealkylation sites (N-methyl/N-ethyl adjacent to an activating group) is 1. The molecular weight excluding hydrogens is 198 g/mol. The molecule has 0 aliphatic rings. The van der Waals surface area contributed by atoms with Gasteiger partial charge in [0.1, 0.15) is 11.4 Å². The molecule has 0 radical (unpaired) electrons. The molecular formula is C14H23NO. The SMILES string of the molecule is CCc1cccc(OC(C)(CC)CNC)c1. The fourth-order valence-corrected chi connectivity index (χ4v) is 1.72. The van der Waals surface area contributed by atoms with Crippen LogP contribution < -0.4 is 10.1 Å². The topological polar surface area (TPSA) is 21.3 Å². The van der Waals surface area contributed by atoms with Gasteiger partial charge in [0.2, 0.25) is 0 Å². The van der Waals surface area contributed by atoms with Crippen LogP contribution >= 0.6 is 0 Å². The molecule has 0 bridgehead atoms. The maximum absolute atomic E-state index is 6.07. The van der Waals surface area contributed by atoms with Crippen LogP contribution in [-0.2, 0) is 6.42 Å². The molecule has 0 saturated heterocycles. The van der Waals surface area contributed by atoms with Crippen molar-refractivity contribution < 1.29 is 4.74 Å². The average molecular weight is 221 g/mol. The summed E-state index contributed by atoms with van der Waals surface area (Å²) in [6.45, 7) is 7.31. The zero-order valence-electron chi connectivity index (χ0n) is 10.8. The van der Waals surface area contributed by atoms with Crippen molar-refractivity contribution >= 4 is 0 Å². The largest absolute Gasteiger partial charge is 0.486 e. The molecule has 1 N–H and O–H groups in total. The first-order chi connectivity index (χ1) is 7.63. The molecule has 1 aromatic rings. The van der Waals surface area contributed by atoms with Crippen molar-refractivity contribution in [2.24, 2.45) is 0 Å². The van der Waals surface area contributed by atoms with Crippen molar-refractivity contribution in [2.45, 2.75) is 39.2 Å². The summed E-state index contributed by atoms with van der Waals surface area (Å²) in [6, 6.07) is 8.35. The second-order valence-corrected chi connectivity index (χ2v) is 4.44. The molecule has 2 heteroatoms. The van der Waals surface area contributed by atoms with E-state index in [1.165, 1.54) is 5.56 Å². The monoisotopic (exact) mass is 221 g/mol. The van der Waals surface area contributed by atoms with Gasteiger partial charge < -0.3 is 10.1 Å². The van der Waals surface area contributed by atoms with Gasteiger partial charge in [0.25, 0.3) is 0 Å². The van der Waals surface area contributed by atoms with Gasteiger partial charge in [0.05, 0.1) is 0 Å². The van der Waals surface area contributed by atoms with Crippen molar-refractivity contribution in [3.63, 3.8) is 0 Å². The van der Waals surface area contributed by atoms with E-state index in [2.05, 4.69) is 44.3 Å².